The number of ether oxygens (including phenoxy) is 1. The van der Waals surface area contributed by atoms with Gasteiger partial charge in [-0.1, -0.05) is 0 Å². The number of likely N-dealkylation sites (tertiary alicyclic amines) is 1. The van der Waals surface area contributed by atoms with Gasteiger partial charge in [-0.15, -0.1) is 0 Å². The molecule has 1 aromatic heterocycles. The number of piperidine rings is 1. The van der Waals surface area contributed by atoms with Gasteiger partial charge in [-0.25, -0.2) is 4.79 Å². The van der Waals surface area contributed by atoms with Gasteiger partial charge in [-0.05, 0) is 53.5 Å². The average Bonchev–Trinajstić information content (AvgIpc) is 2.53. The van der Waals surface area contributed by atoms with Gasteiger partial charge in [0.25, 0.3) is 0 Å². The highest BCUT2D eigenvalue weighted by Crippen LogP contribution is 2.23. The van der Waals surface area contributed by atoms with Crippen LogP contribution in [-0.4, -0.2) is 58.1 Å². The molecule has 1 aliphatic rings. The maximum atomic E-state index is 12.3. The predicted molar refractivity (Wildman–Crippen MR) is 93.6 cm³/mol. The summed E-state index contributed by atoms with van der Waals surface area (Å²) in [5.41, 5.74) is 0.529. The minimum absolute atomic E-state index is 0.197. The fraction of sp³-hybridized carbons (Fsp3) is 0.722. The summed E-state index contributed by atoms with van der Waals surface area (Å²) in [6.45, 7) is 10.3. The van der Waals surface area contributed by atoms with E-state index in [2.05, 4.69) is 28.8 Å². The normalized spacial score (nSPS) is 20.1. The summed E-state index contributed by atoms with van der Waals surface area (Å²) in [7, 11) is 2.10. The third-order valence-electron chi connectivity index (χ3n) is 4.39. The molecule has 0 saturated carbocycles. The van der Waals surface area contributed by atoms with Crippen LogP contribution in [0, 0.1) is 5.92 Å². The highest BCUT2D eigenvalue weighted by Gasteiger charge is 2.29. The first-order valence-electron chi connectivity index (χ1n) is 8.70. The lowest BCUT2D eigenvalue weighted by Gasteiger charge is -2.36. The second-order valence-corrected chi connectivity index (χ2v) is 7.68. The van der Waals surface area contributed by atoms with E-state index in [1.54, 1.807) is 12.4 Å². The minimum Gasteiger partial charge on any atom is -0.444 e. The third-order valence-corrected chi connectivity index (χ3v) is 4.39. The first-order valence-corrected chi connectivity index (χ1v) is 8.70. The van der Waals surface area contributed by atoms with E-state index in [1.807, 2.05) is 31.9 Å². The molecule has 1 aromatic rings. The van der Waals surface area contributed by atoms with Crippen molar-refractivity contribution in [3.05, 3.63) is 24.3 Å². The van der Waals surface area contributed by atoms with Crippen molar-refractivity contribution in [1.29, 1.82) is 0 Å². The van der Waals surface area contributed by atoms with Crippen LogP contribution < -0.4 is 0 Å². The van der Waals surface area contributed by atoms with Gasteiger partial charge in [-0.2, -0.15) is 0 Å². The molecule has 24 heavy (non-hydrogen) atoms. The molecular formula is C18H30N4O2. The van der Waals surface area contributed by atoms with Crippen molar-refractivity contribution >= 4 is 6.09 Å². The van der Waals surface area contributed by atoms with Crippen molar-refractivity contribution in [2.75, 3.05) is 26.7 Å². The molecule has 2 rings (SSSR count). The summed E-state index contributed by atoms with van der Waals surface area (Å²) in [4.78, 5) is 24.9. The molecule has 2 atom stereocenters. The summed E-state index contributed by atoms with van der Waals surface area (Å²) in [5, 5.41) is 0. The lowest BCUT2D eigenvalue weighted by molar-refractivity contribution is 0.0142. The Morgan fingerprint density at radius 3 is 2.83 bits per heavy atom. The van der Waals surface area contributed by atoms with E-state index in [4.69, 9.17) is 4.74 Å². The zero-order valence-corrected chi connectivity index (χ0v) is 15.5. The molecule has 2 heterocycles. The quantitative estimate of drug-likeness (QED) is 0.847. The molecular weight excluding hydrogens is 304 g/mol. The molecule has 0 radical (unpaired) electrons. The molecule has 0 bridgehead atoms. The zero-order chi connectivity index (χ0) is 17.7. The number of nitrogens with zero attached hydrogens (tertiary/aromatic N) is 4. The lowest BCUT2D eigenvalue weighted by atomic mass is 9.97. The van der Waals surface area contributed by atoms with E-state index in [-0.39, 0.29) is 12.1 Å². The Hall–Kier alpha value is -1.69. The molecule has 1 amide bonds. The number of aromatic nitrogens is 2. The van der Waals surface area contributed by atoms with Crippen molar-refractivity contribution in [3.63, 3.8) is 0 Å². The van der Waals surface area contributed by atoms with Gasteiger partial charge in [0.15, 0.2) is 0 Å². The monoisotopic (exact) mass is 334 g/mol. The standard InChI is InChI=1S/C18H30N4O2/c1-14(16-11-19-8-9-20-16)21(5)12-15-7-6-10-22(13-15)17(23)24-18(2,3)4/h8-9,11,14-15H,6-7,10,12-13H2,1-5H3/t14-,15+/m1/s1. The Kier molecular flexibility index (Phi) is 6.15. The number of hydrogen-bond acceptors (Lipinski definition) is 5. The van der Waals surface area contributed by atoms with Crippen LogP contribution in [0.4, 0.5) is 4.79 Å². The third kappa shape index (κ3) is 5.44. The maximum Gasteiger partial charge on any atom is 0.410 e. The highest BCUT2D eigenvalue weighted by atomic mass is 16.6. The van der Waals surface area contributed by atoms with E-state index in [0.29, 0.717) is 5.92 Å². The number of carbonyl (C=O) groups is 1. The number of carbonyl (C=O) groups excluding carboxylic acids is 1. The van der Waals surface area contributed by atoms with Crippen LogP contribution in [0.2, 0.25) is 0 Å². The Labute approximate surface area is 145 Å². The van der Waals surface area contributed by atoms with Crippen molar-refractivity contribution in [2.45, 2.75) is 52.2 Å². The zero-order valence-electron chi connectivity index (χ0n) is 15.5. The number of rotatable bonds is 4. The average molecular weight is 334 g/mol. The molecule has 0 unspecified atom stereocenters. The van der Waals surface area contributed by atoms with Gasteiger partial charge in [0.1, 0.15) is 5.60 Å². The Balaban J connectivity index is 1.89. The molecule has 0 N–H and O–H groups in total. The summed E-state index contributed by atoms with van der Waals surface area (Å²) < 4.78 is 5.50. The molecule has 0 aromatic carbocycles. The first kappa shape index (κ1) is 18.6. The summed E-state index contributed by atoms with van der Waals surface area (Å²) in [6.07, 6.45) is 7.20. The first-order chi connectivity index (χ1) is 11.3. The van der Waals surface area contributed by atoms with Crippen LogP contribution in [0.3, 0.4) is 0 Å². The molecule has 6 heteroatoms. The van der Waals surface area contributed by atoms with E-state index in [9.17, 15) is 4.79 Å². The highest BCUT2D eigenvalue weighted by molar-refractivity contribution is 5.68. The smallest absolute Gasteiger partial charge is 0.410 e. The summed E-state index contributed by atoms with van der Waals surface area (Å²) in [6, 6.07) is 0.204. The summed E-state index contributed by atoms with van der Waals surface area (Å²) >= 11 is 0. The van der Waals surface area contributed by atoms with Gasteiger partial charge >= 0.3 is 6.09 Å². The second-order valence-electron chi connectivity index (χ2n) is 7.68. The van der Waals surface area contributed by atoms with E-state index >= 15 is 0 Å². The SMILES string of the molecule is C[C@H](c1cnccn1)N(C)C[C@@H]1CCCN(C(=O)OC(C)(C)C)C1. The molecule has 1 saturated heterocycles. The van der Waals surface area contributed by atoms with Gasteiger partial charge in [0, 0.05) is 38.2 Å². The minimum atomic E-state index is -0.443. The van der Waals surface area contributed by atoms with Gasteiger partial charge in [0.05, 0.1) is 11.7 Å². The van der Waals surface area contributed by atoms with Crippen LogP contribution in [0.1, 0.15) is 52.3 Å². The Morgan fingerprint density at radius 2 is 2.21 bits per heavy atom. The molecule has 1 fully saturated rings. The van der Waals surface area contributed by atoms with Gasteiger partial charge < -0.3 is 9.64 Å². The number of hydrogen-bond donors (Lipinski definition) is 0. The molecule has 6 nitrogen and oxygen atoms in total. The fourth-order valence-corrected chi connectivity index (χ4v) is 3.02. The van der Waals surface area contributed by atoms with Crippen LogP contribution in [0.25, 0.3) is 0 Å². The Bertz CT molecular complexity index is 530. The van der Waals surface area contributed by atoms with E-state index < -0.39 is 5.60 Å². The van der Waals surface area contributed by atoms with Crippen LogP contribution in [0.15, 0.2) is 18.6 Å². The van der Waals surface area contributed by atoms with Gasteiger partial charge in [0.2, 0.25) is 0 Å². The van der Waals surface area contributed by atoms with Crippen molar-refractivity contribution in [2.24, 2.45) is 5.92 Å². The maximum absolute atomic E-state index is 12.3. The summed E-state index contributed by atoms with van der Waals surface area (Å²) in [5.74, 6) is 0.454. The van der Waals surface area contributed by atoms with Crippen molar-refractivity contribution in [1.82, 2.24) is 19.8 Å². The molecule has 1 aliphatic heterocycles. The van der Waals surface area contributed by atoms with E-state index in [1.165, 1.54) is 0 Å². The van der Waals surface area contributed by atoms with Crippen LogP contribution >= 0.6 is 0 Å². The Morgan fingerprint density at radius 1 is 1.46 bits per heavy atom. The molecule has 0 aliphatic carbocycles. The topological polar surface area (TPSA) is 58.6 Å². The predicted octanol–water partition coefficient (Wildman–Crippen LogP) is 3.12. The van der Waals surface area contributed by atoms with Crippen molar-refractivity contribution < 1.29 is 9.53 Å². The molecule has 134 valence electrons. The lowest BCUT2D eigenvalue weighted by Crippen LogP contribution is -2.45. The van der Waals surface area contributed by atoms with Gasteiger partial charge in [-0.3, -0.25) is 14.9 Å². The number of amides is 1. The van der Waals surface area contributed by atoms with Crippen LogP contribution in [-0.2, 0) is 4.74 Å². The van der Waals surface area contributed by atoms with Crippen molar-refractivity contribution in [3.8, 4) is 0 Å². The van der Waals surface area contributed by atoms with Crippen LogP contribution in [0.5, 0.6) is 0 Å². The second kappa shape index (κ2) is 7.92. The fourth-order valence-electron chi connectivity index (χ4n) is 3.02. The van der Waals surface area contributed by atoms with E-state index in [0.717, 1.165) is 38.2 Å². The molecule has 0 spiro atoms. The largest absolute Gasteiger partial charge is 0.444 e.